The number of nitrogens with zero attached hydrogens (tertiary/aromatic N) is 2. The highest BCUT2D eigenvalue weighted by atomic mass is 19.4. The summed E-state index contributed by atoms with van der Waals surface area (Å²) in [5.74, 6) is -0.463. The second-order valence-corrected chi connectivity index (χ2v) is 5.61. The molecule has 4 nitrogen and oxygen atoms in total. The van der Waals surface area contributed by atoms with Gasteiger partial charge in [-0.15, -0.1) is 0 Å². The number of aromatic nitrogens is 1. The highest BCUT2D eigenvalue weighted by Gasteiger charge is 2.29. The fourth-order valence-electron chi connectivity index (χ4n) is 2.55. The molecule has 0 aliphatic heterocycles. The average Bonchev–Trinajstić information content (AvgIpc) is 2.83. The van der Waals surface area contributed by atoms with E-state index in [0.29, 0.717) is 17.6 Å². The summed E-state index contributed by atoms with van der Waals surface area (Å²) in [6.07, 6.45) is -4.34. The lowest BCUT2D eigenvalue weighted by Crippen LogP contribution is -2.27. The Morgan fingerprint density at radius 1 is 1.08 bits per heavy atom. The number of hydrogen-bond donors (Lipinski definition) is 0. The normalized spacial score (nSPS) is 12.2. The molecule has 0 bridgehead atoms. The van der Waals surface area contributed by atoms with Gasteiger partial charge in [0.2, 0.25) is 0 Å². The Labute approximate surface area is 135 Å². The zero-order valence-electron chi connectivity index (χ0n) is 12.9. The zero-order valence-corrected chi connectivity index (χ0v) is 12.9. The first kappa shape index (κ1) is 16.3. The van der Waals surface area contributed by atoms with Gasteiger partial charge < -0.3 is 4.42 Å². The molecule has 0 unspecified atom stereocenters. The SMILES string of the molecule is CN(Cc1ccc(C(F)(F)F)cc1)Cn1c(=O)oc2ccccc21. The highest BCUT2D eigenvalue weighted by molar-refractivity contribution is 5.72. The van der Waals surface area contributed by atoms with Crippen molar-refractivity contribution in [2.75, 3.05) is 7.05 Å². The van der Waals surface area contributed by atoms with Gasteiger partial charge in [-0.1, -0.05) is 24.3 Å². The van der Waals surface area contributed by atoms with E-state index in [1.807, 2.05) is 11.0 Å². The van der Waals surface area contributed by atoms with Crippen LogP contribution in [0.5, 0.6) is 0 Å². The summed E-state index contributed by atoms with van der Waals surface area (Å²) in [5.41, 5.74) is 1.24. The maximum Gasteiger partial charge on any atom is 0.421 e. The molecule has 2 aromatic carbocycles. The van der Waals surface area contributed by atoms with Crippen molar-refractivity contribution in [1.82, 2.24) is 9.47 Å². The molecule has 7 heteroatoms. The van der Waals surface area contributed by atoms with Gasteiger partial charge in [0.1, 0.15) is 0 Å². The topological polar surface area (TPSA) is 38.4 Å². The number of hydrogen-bond acceptors (Lipinski definition) is 3. The lowest BCUT2D eigenvalue weighted by molar-refractivity contribution is -0.137. The molecule has 0 saturated heterocycles. The predicted molar refractivity (Wildman–Crippen MR) is 83.4 cm³/mol. The Balaban J connectivity index is 1.74. The molecule has 1 aromatic heterocycles. The molecule has 24 heavy (non-hydrogen) atoms. The van der Waals surface area contributed by atoms with E-state index in [0.717, 1.165) is 17.7 Å². The third-order valence-electron chi connectivity index (χ3n) is 3.69. The van der Waals surface area contributed by atoms with Crippen LogP contribution >= 0.6 is 0 Å². The van der Waals surface area contributed by atoms with Crippen LogP contribution in [0.3, 0.4) is 0 Å². The summed E-state index contributed by atoms with van der Waals surface area (Å²) in [5, 5.41) is 0. The number of fused-ring (bicyclic) bond motifs is 1. The van der Waals surface area contributed by atoms with E-state index in [-0.39, 0.29) is 6.67 Å². The van der Waals surface area contributed by atoms with Crippen LogP contribution in [0.15, 0.2) is 57.7 Å². The number of rotatable bonds is 4. The van der Waals surface area contributed by atoms with Gasteiger partial charge >= 0.3 is 11.9 Å². The Morgan fingerprint density at radius 2 is 1.75 bits per heavy atom. The maximum atomic E-state index is 12.6. The summed E-state index contributed by atoms with van der Waals surface area (Å²) >= 11 is 0. The van der Waals surface area contributed by atoms with E-state index >= 15 is 0 Å². The van der Waals surface area contributed by atoms with Crippen LogP contribution in [0.4, 0.5) is 13.2 Å². The first-order chi connectivity index (χ1) is 11.3. The Bertz CT molecular complexity index is 895. The smallest absolute Gasteiger partial charge is 0.408 e. The highest BCUT2D eigenvalue weighted by Crippen LogP contribution is 2.29. The van der Waals surface area contributed by atoms with E-state index < -0.39 is 17.5 Å². The van der Waals surface area contributed by atoms with E-state index in [1.54, 1.807) is 25.2 Å². The van der Waals surface area contributed by atoms with Crippen molar-refractivity contribution in [1.29, 1.82) is 0 Å². The third kappa shape index (κ3) is 3.35. The van der Waals surface area contributed by atoms with Gasteiger partial charge in [-0.25, -0.2) is 4.79 Å². The monoisotopic (exact) mass is 336 g/mol. The molecule has 3 aromatic rings. The van der Waals surface area contributed by atoms with E-state index in [2.05, 4.69) is 0 Å². The molecular formula is C17H15F3N2O2. The largest absolute Gasteiger partial charge is 0.421 e. The predicted octanol–water partition coefficient (Wildman–Crippen LogP) is 3.70. The van der Waals surface area contributed by atoms with Crippen LogP contribution in [0.2, 0.25) is 0 Å². The minimum atomic E-state index is -4.34. The van der Waals surface area contributed by atoms with Gasteiger partial charge in [-0.05, 0) is 36.9 Å². The van der Waals surface area contributed by atoms with Crippen LogP contribution in [0.25, 0.3) is 11.1 Å². The van der Waals surface area contributed by atoms with E-state index in [9.17, 15) is 18.0 Å². The minimum Gasteiger partial charge on any atom is -0.408 e. The van der Waals surface area contributed by atoms with Gasteiger partial charge in [0, 0.05) is 6.54 Å². The van der Waals surface area contributed by atoms with Crippen molar-refractivity contribution >= 4 is 11.1 Å². The number of alkyl halides is 3. The summed E-state index contributed by atoms with van der Waals surface area (Å²) in [4.78, 5) is 13.8. The lowest BCUT2D eigenvalue weighted by atomic mass is 10.1. The van der Waals surface area contributed by atoms with Crippen molar-refractivity contribution in [2.24, 2.45) is 0 Å². The molecule has 0 aliphatic rings. The van der Waals surface area contributed by atoms with Gasteiger partial charge in [0.25, 0.3) is 0 Å². The Hall–Kier alpha value is -2.54. The molecule has 0 amide bonds. The van der Waals surface area contributed by atoms with Gasteiger partial charge in [-0.3, -0.25) is 9.47 Å². The summed E-state index contributed by atoms with van der Waals surface area (Å²) in [6, 6.07) is 12.1. The summed E-state index contributed by atoms with van der Waals surface area (Å²) in [6.45, 7) is 0.682. The number of oxazole rings is 1. The second-order valence-electron chi connectivity index (χ2n) is 5.61. The van der Waals surface area contributed by atoms with Crippen LogP contribution < -0.4 is 5.76 Å². The second kappa shape index (κ2) is 6.16. The fourth-order valence-corrected chi connectivity index (χ4v) is 2.55. The first-order valence-corrected chi connectivity index (χ1v) is 7.27. The lowest BCUT2D eigenvalue weighted by Gasteiger charge is -2.17. The number of halogens is 3. The standard InChI is InChI=1S/C17H15F3N2O2/c1-21(10-12-6-8-13(9-7-12)17(18,19)20)11-22-14-4-2-3-5-15(14)24-16(22)23/h2-9H,10-11H2,1H3. The fraction of sp³-hybridized carbons (Fsp3) is 0.235. The summed E-state index contributed by atoms with van der Waals surface area (Å²) < 4.78 is 44.3. The van der Waals surface area contributed by atoms with Crippen molar-refractivity contribution in [3.63, 3.8) is 0 Å². The van der Waals surface area contributed by atoms with Crippen LogP contribution in [-0.4, -0.2) is 16.5 Å². The molecule has 0 fully saturated rings. The molecule has 1 heterocycles. The van der Waals surface area contributed by atoms with Crippen molar-refractivity contribution in [2.45, 2.75) is 19.4 Å². The molecule has 126 valence electrons. The molecule has 3 rings (SSSR count). The molecule has 0 atom stereocenters. The Kier molecular flexibility index (Phi) is 4.19. The molecule has 0 radical (unpaired) electrons. The quantitative estimate of drug-likeness (QED) is 0.729. The van der Waals surface area contributed by atoms with Crippen molar-refractivity contribution < 1.29 is 17.6 Å². The van der Waals surface area contributed by atoms with Crippen LogP contribution in [0, 0.1) is 0 Å². The van der Waals surface area contributed by atoms with E-state index in [4.69, 9.17) is 4.42 Å². The molecule has 0 aliphatic carbocycles. The molecular weight excluding hydrogens is 321 g/mol. The third-order valence-corrected chi connectivity index (χ3v) is 3.69. The van der Waals surface area contributed by atoms with Gasteiger partial charge in [0.05, 0.1) is 17.7 Å². The van der Waals surface area contributed by atoms with Gasteiger partial charge in [-0.2, -0.15) is 13.2 Å². The van der Waals surface area contributed by atoms with Crippen molar-refractivity contribution in [3.8, 4) is 0 Å². The minimum absolute atomic E-state index is 0.275. The van der Waals surface area contributed by atoms with Crippen molar-refractivity contribution in [3.05, 3.63) is 70.2 Å². The maximum absolute atomic E-state index is 12.6. The molecule has 0 saturated carbocycles. The number of para-hydroxylation sites is 2. The van der Waals surface area contributed by atoms with Crippen LogP contribution in [0.1, 0.15) is 11.1 Å². The number of benzene rings is 2. The molecule has 0 N–H and O–H groups in total. The zero-order chi connectivity index (χ0) is 17.3. The Morgan fingerprint density at radius 3 is 2.42 bits per heavy atom. The summed E-state index contributed by atoms with van der Waals surface area (Å²) in [7, 11) is 1.78. The van der Waals surface area contributed by atoms with Crippen LogP contribution in [-0.2, 0) is 19.4 Å². The van der Waals surface area contributed by atoms with Gasteiger partial charge in [0.15, 0.2) is 5.58 Å². The van der Waals surface area contributed by atoms with E-state index in [1.165, 1.54) is 16.7 Å². The average molecular weight is 336 g/mol. The molecule has 0 spiro atoms. The first-order valence-electron chi connectivity index (χ1n) is 7.27.